The Morgan fingerprint density at radius 3 is 2.26 bits per heavy atom. The minimum absolute atomic E-state index is 0.0327. The summed E-state index contributed by atoms with van der Waals surface area (Å²) in [6.07, 6.45) is 0.770. The van der Waals surface area contributed by atoms with Crippen LogP contribution < -0.4 is 0 Å². The summed E-state index contributed by atoms with van der Waals surface area (Å²) in [6.45, 7) is 1.42. The molecule has 8 heteroatoms. The zero-order valence-corrected chi connectivity index (χ0v) is 19.9. The van der Waals surface area contributed by atoms with Crippen LogP contribution in [0.3, 0.4) is 0 Å². The summed E-state index contributed by atoms with van der Waals surface area (Å²) in [5.74, 6) is -2.46. The van der Waals surface area contributed by atoms with Gasteiger partial charge >= 0.3 is 0 Å². The molecule has 5 rings (SSSR count). The van der Waals surface area contributed by atoms with Crippen molar-refractivity contribution < 1.29 is 22.0 Å². The zero-order chi connectivity index (χ0) is 24.6. The maximum Gasteiger partial charge on any atom is 0.243 e. The van der Waals surface area contributed by atoms with Crippen molar-refractivity contribution in [3.63, 3.8) is 0 Å². The summed E-state index contributed by atoms with van der Waals surface area (Å²) in [7, 11) is -3.96. The number of carbonyl (C=O) groups excluding carboxylic acids is 1. The van der Waals surface area contributed by atoms with Crippen LogP contribution in [0.1, 0.15) is 35.4 Å². The van der Waals surface area contributed by atoms with Crippen LogP contribution in [-0.2, 0) is 21.4 Å². The van der Waals surface area contributed by atoms with E-state index in [1.165, 1.54) is 9.87 Å². The number of hydrogen-bond donors (Lipinski definition) is 0. The molecule has 3 aromatic carbocycles. The van der Waals surface area contributed by atoms with Crippen molar-refractivity contribution in [2.45, 2.75) is 30.2 Å². The smallest absolute Gasteiger partial charge is 0.243 e. The summed E-state index contributed by atoms with van der Waals surface area (Å²) in [6, 6.07) is 20.9. The highest BCUT2D eigenvalue weighted by atomic mass is 32.2. The molecule has 0 unspecified atom stereocenters. The fraction of sp³-hybridized carbons (Fsp3) is 0.296. The number of piperidine rings is 1. The first kappa shape index (κ1) is 23.6. The van der Waals surface area contributed by atoms with Crippen LogP contribution in [-0.4, -0.2) is 43.2 Å². The van der Waals surface area contributed by atoms with Gasteiger partial charge in [-0.2, -0.15) is 4.31 Å². The van der Waals surface area contributed by atoms with Gasteiger partial charge in [0.1, 0.15) is 0 Å². The Morgan fingerprint density at radius 2 is 1.54 bits per heavy atom. The van der Waals surface area contributed by atoms with E-state index in [-0.39, 0.29) is 35.7 Å². The molecule has 0 radical (unpaired) electrons. The molecule has 0 spiro atoms. The van der Waals surface area contributed by atoms with Gasteiger partial charge in [-0.1, -0.05) is 54.6 Å². The molecule has 1 amide bonds. The minimum atomic E-state index is -3.96. The van der Waals surface area contributed by atoms with Crippen molar-refractivity contribution >= 4 is 15.9 Å². The van der Waals surface area contributed by atoms with Crippen molar-refractivity contribution in [2.24, 2.45) is 5.92 Å². The van der Waals surface area contributed by atoms with E-state index < -0.39 is 21.7 Å². The molecule has 3 aromatic rings. The van der Waals surface area contributed by atoms with Gasteiger partial charge in [0.2, 0.25) is 15.9 Å². The first-order chi connectivity index (χ1) is 16.8. The number of amides is 1. The van der Waals surface area contributed by atoms with Gasteiger partial charge in [-0.25, -0.2) is 17.2 Å². The van der Waals surface area contributed by atoms with E-state index >= 15 is 0 Å². The highest BCUT2D eigenvalue weighted by Gasteiger charge is 2.36. The molecule has 1 atom stereocenters. The lowest BCUT2D eigenvalue weighted by atomic mass is 9.84. The highest BCUT2D eigenvalue weighted by Crippen LogP contribution is 2.35. The molecule has 0 bridgehead atoms. The Morgan fingerprint density at radius 1 is 0.857 bits per heavy atom. The Kier molecular flexibility index (Phi) is 6.42. The van der Waals surface area contributed by atoms with Crippen LogP contribution in [0.2, 0.25) is 0 Å². The van der Waals surface area contributed by atoms with Crippen molar-refractivity contribution in [3.05, 3.63) is 101 Å². The van der Waals surface area contributed by atoms with E-state index in [0.717, 1.165) is 23.3 Å². The maximum absolute atomic E-state index is 13.6. The summed E-state index contributed by atoms with van der Waals surface area (Å²) >= 11 is 0. The fourth-order valence-electron chi connectivity index (χ4n) is 5.13. The predicted molar refractivity (Wildman–Crippen MR) is 128 cm³/mol. The van der Waals surface area contributed by atoms with Gasteiger partial charge < -0.3 is 4.90 Å². The average Bonchev–Trinajstić information content (AvgIpc) is 2.89. The highest BCUT2D eigenvalue weighted by molar-refractivity contribution is 7.89. The van der Waals surface area contributed by atoms with Gasteiger partial charge in [0.15, 0.2) is 11.6 Å². The van der Waals surface area contributed by atoms with Gasteiger partial charge in [0.05, 0.1) is 4.90 Å². The first-order valence-corrected chi connectivity index (χ1v) is 13.2. The van der Waals surface area contributed by atoms with E-state index in [1.807, 2.05) is 35.2 Å². The van der Waals surface area contributed by atoms with E-state index in [0.29, 0.717) is 32.0 Å². The molecule has 1 saturated heterocycles. The second-order valence-electron chi connectivity index (χ2n) is 9.14. The largest absolute Gasteiger partial charge is 0.337 e. The zero-order valence-electron chi connectivity index (χ0n) is 19.1. The number of sulfonamides is 1. The molecule has 0 aliphatic carbocycles. The number of halogens is 2. The Balaban J connectivity index is 1.30. The third-order valence-corrected chi connectivity index (χ3v) is 8.93. The molecule has 1 fully saturated rings. The van der Waals surface area contributed by atoms with Crippen LogP contribution in [0.4, 0.5) is 8.78 Å². The second kappa shape index (κ2) is 9.51. The number of fused-ring (bicyclic) bond motifs is 1. The molecular weight excluding hydrogens is 470 g/mol. The molecule has 2 aliphatic heterocycles. The summed E-state index contributed by atoms with van der Waals surface area (Å²) in [5, 5.41) is 0. The Bertz CT molecular complexity index is 1340. The normalized spacial score (nSPS) is 19.4. The van der Waals surface area contributed by atoms with Gasteiger partial charge in [-0.3, -0.25) is 4.79 Å². The van der Waals surface area contributed by atoms with Crippen LogP contribution in [0.15, 0.2) is 77.7 Å². The molecule has 5 nitrogen and oxygen atoms in total. The number of hydrogen-bond acceptors (Lipinski definition) is 3. The fourth-order valence-corrected chi connectivity index (χ4v) is 6.62. The Hall–Kier alpha value is -3.10. The van der Waals surface area contributed by atoms with Gasteiger partial charge in [-0.05, 0) is 47.7 Å². The van der Waals surface area contributed by atoms with Gasteiger partial charge in [0, 0.05) is 38.0 Å². The van der Waals surface area contributed by atoms with Gasteiger partial charge in [0.25, 0.3) is 0 Å². The number of nitrogens with zero attached hydrogens (tertiary/aromatic N) is 2. The quantitative estimate of drug-likeness (QED) is 0.533. The van der Waals surface area contributed by atoms with Gasteiger partial charge in [-0.15, -0.1) is 0 Å². The second-order valence-corrected chi connectivity index (χ2v) is 11.1. The average molecular weight is 497 g/mol. The molecule has 35 heavy (non-hydrogen) atoms. The number of rotatable bonds is 4. The monoisotopic (exact) mass is 496 g/mol. The standard InChI is InChI=1S/C27H26F2N2O3S/c28-25-11-10-22(16-26(25)29)35(33,34)31-14-12-20(13-15-31)27(32)30-17-21-8-4-5-9-23(21)24(18-30)19-6-2-1-3-7-19/h1-11,16,20,24H,12-15,17-18H2/t24-/m1/s1. The molecule has 0 aromatic heterocycles. The van der Waals surface area contributed by atoms with E-state index in [1.54, 1.807) is 0 Å². The summed E-state index contributed by atoms with van der Waals surface area (Å²) in [4.78, 5) is 15.1. The Labute approximate surface area is 204 Å². The van der Waals surface area contributed by atoms with Crippen LogP contribution in [0.25, 0.3) is 0 Å². The SMILES string of the molecule is O=C(C1CCN(S(=O)(=O)c2ccc(F)c(F)c2)CC1)N1Cc2ccccc2[C@@H](c2ccccc2)C1. The lowest BCUT2D eigenvalue weighted by Crippen LogP contribution is -2.46. The van der Waals surface area contributed by atoms with E-state index in [4.69, 9.17) is 0 Å². The van der Waals surface area contributed by atoms with Crippen molar-refractivity contribution in [1.82, 2.24) is 9.21 Å². The maximum atomic E-state index is 13.6. The summed E-state index contributed by atoms with van der Waals surface area (Å²) in [5.41, 5.74) is 3.51. The van der Waals surface area contributed by atoms with Crippen molar-refractivity contribution in [2.75, 3.05) is 19.6 Å². The van der Waals surface area contributed by atoms with Crippen molar-refractivity contribution in [1.29, 1.82) is 0 Å². The summed E-state index contributed by atoms with van der Waals surface area (Å²) < 4.78 is 53.9. The molecule has 0 N–H and O–H groups in total. The van der Waals surface area contributed by atoms with E-state index in [9.17, 15) is 22.0 Å². The third-order valence-electron chi connectivity index (χ3n) is 7.04. The lowest BCUT2D eigenvalue weighted by molar-refractivity contribution is -0.137. The number of carbonyl (C=O) groups is 1. The number of benzene rings is 3. The molecular formula is C27H26F2N2O3S. The lowest BCUT2D eigenvalue weighted by Gasteiger charge is -2.38. The molecule has 2 heterocycles. The van der Waals surface area contributed by atoms with E-state index in [2.05, 4.69) is 24.3 Å². The molecule has 182 valence electrons. The topological polar surface area (TPSA) is 57.7 Å². The third kappa shape index (κ3) is 4.60. The van der Waals surface area contributed by atoms with Crippen LogP contribution in [0, 0.1) is 17.6 Å². The van der Waals surface area contributed by atoms with Crippen LogP contribution in [0.5, 0.6) is 0 Å². The minimum Gasteiger partial charge on any atom is -0.337 e. The predicted octanol–water partition coefficient (Wildman–Crippen LogP) is 4.54. The van der Waals surface area contributed by atoms with Crippen LogP contribution >= 0.6 is 0 Å². The molecule has 0 saturated carbocycles. The molecule has 2 aliphatic rings. The van der Waals surface area contributed by atoms with Crippen molar-refractivity contribution in [3.8, 4) is 0 Å². The first-order valence-electron chi connectivity index (χ1n) is 11.7.